The van der Waals surface area contributed by atoms with Gasteiger partial charge in [-0.2, -0.15) is 8.78 Å². The van der Waals surface area contributed by atoms with E-state index in [1.165, 1.54) is 32.3 Å². The molecule has 0 fully saturated rings. The van der Waals surface area contributed by atoms with E-state index in [0.29, 0.717) is 22.6 Å². The molecule has 0 spiro atoms. The second kappa shape index (κ2) is 9.25. The van der Waals surface area contributed by atoms with Crippen molar-refractivity contribution >= 4 is 5.91 Å². The zero-order chi connectivity index (χ0) is 20.8. The number of hydrogen-bond acceptors (Lipinski definition) is 5. The summed E-state index contributed by atoms with van der Waals surface area (Å²) < 4.78 is 45.0. The molecule has 0 atom stereocenters. The maximum absolute atomic E-state index is 12.8. The van der Waals surface area contributed by atoms with Gasteiger partial charge in [0, 0.05) is 24.7 Å². The van der Waals surface area contributed by atoms with Crippen molar-refractivity contribution in [3.8, 4) is 23.0 Å². The first-order chi connectivity index (χ1) is 13.3. The molecule has 0 aliphatic rings. The van der Waals surface area contributed by atoms with Crippen molar-refractivity contribution in [2.75, 3.05) is 28.4 Å². The fourth-order valence-electron chi connectivity index (χ4n) is 2.78. The summed E-state index contributed by atoms with van der Waals surface area (Å²) in [5.41, 5.74) is 1.90. The van der Waals surface area contributed by atoms with E-state index in [2.05, 4.69) is 4.74 Å². The van der Waals surface area contributed by atoms with Crippen LogP contribution >= 0.6 is 0 Å². The van der Waals surface area contributed by atoms with E-state index >= 15 is 0 Å². The highest BCUT2D eigenvalue weighted by molar-refractivity contribution is 5.95. The van der Waals surface area contributed by atoms with E-state index in [9.17, 15) is 13.6 Å². The standard InChI is InChI=1S/C20H23F2NO5/c1-12-16(25-3)9-14(10-17(12)26-4)19(24)23(2)11-13-6-7-15(28-20(21)22)18(8-13)27-5/h6-10,20H,11H2,1-5H3. The Bertz CT molecular complexity index is 816. The second-order valence-electron chi connectivity index (χ2n) is 6.03. The Hall–Kier alpha value is -3.03. The molecule has 1 amide bonds. The highest BCUT2D eigenvalue weighted by Crippen LogP contribution is 2.31. The van der Waals surface area contributed by atoms with E-state index in [4.69, 9.17) is 14.2 Å². The van der Waals surface area contributed by atoms with Crippen molar-refractivity contribution in [1.29, 1.82) is 0 Å². The number of carbonyl (C=O) groups is 1. The number of halogens is 2. The molecule has 0 aliphatic heterocycles. The Balaban J connectivity index is 2.23. The molecule has 6 nitrogen and oxygen atoms in total. The number of hydrogen-bond donors (Lipinski definition) is 0. The third-order valence-corrected chi connectivity index (χ3v) is 4.21. The van der Waals surface area contributed by atoms with Crippen LogP contribution in [-0.2, 0) is 6.54 Å². The molecule has 2 aromatic carbocycles. The van der Waals surface area contributed by atoms with Crippen LogP contribution in [0, 0.1) is 6.92 Å². The Morgan fingerprint density at radius 3 is 2.04 bits per heavy atom. The maximum atomic E-state index is 12.8. The molecular formula is C20H23F2NO5. The molecule has 0 saturated heterocycles. The smallest absolute Gasteiger partial charge is 0.387 e. The minimum Gasteiger partial charge on any atom is -0.496 e. The van der Waals surface area contributed by atoms with Crippen molar-refractivity contribution in [1.82, 2.24) is 4.90 Å². The molecule has 0 saturated carbocycles. The first-order valence-corrected chi connectivity index (χ1v) is 8.40. The number of carbonyl (C=O) groups excluding carboxylic acids is 1. The molecule has 28 heavy (non-hydrogen) atoms. The molecule has 0 bridgehead atoms. The van der Waals surface area contributed by atoms with Crippen LogP contribution in [0.5, 0.6) is 23.0 Å². The van der Waals surface area contributed by atoms with Crippen LogP contribution in [0.4, 0.5) is 8.78 Å². The van der Waals surface area contributed by atoms with Crippen LogP contribution in [0.15, 0.2) is 30.3 Å². The Labute approximate surface area is 162 Å². The van der Waals surface area contributed by atoms with E-state index in [-0.39, 0.29) is 24.0 Å². The summed E-state index contributed by atoms with van der Waals surface area (Å²) in [6.45, 7) is -0.872. The first-order valence-electron chi connectivity index (χ1n) is 8.40. The lowest BCUT2D eigenvalue weighted by molar-refractivity contribution is -0.0512. The average Bonchev–Trinajstić information content (AvgIpc) is 2.68. The first kappa shape index (κ1) is 21.3. The maximum Gasteiger partial charge on any atom is 0.387 e. The van der Waals surface area contributed by atoms with Gasteiger partial charge in [0.1, 0.15) is 11.5 Å². The van der Waals surface area contributed by atoms with E-state index in [1.54, 1.807) is 31.3 Å². The monoisotopic (exact) mass is 395 g/mol. The Kier molecular flexibility index (Phi) is 7.03. The molecule has 0 aromatic heterocycles. The predicted octanol–water partition coefficient (Wildman–Crippen LogP) is 3.89. The van der Waals surface area contributed by atoms with Gasteiger partial charge >= 0.3 is 6.61 Å². The van der Waals surface area contributed by atoms with Gasteiger partial charge in [0.05, 0.1) is 21.3 Å². The van der Waals surface area contributed by atoms with Crippen molar-refractivity contribution in [2.24, 2.45) is 0 Å². The molecule has 2 aromatic rings. The quantitative estimate of drug-likeness (QED) is 0.679. The lowest BCUT2D eigenvalue weighted by Gasteiger charge is -2.20. The Morgan fingerprint density at radius 2 is 1.54 bits per heavy atom. The largest absolute Gasteiger partial charge is 0.496 e. The molecule has 0 heterocycles. The zero-order valence-corrected chi connectivity index (χ0v) is 16.4. The molecule has 0 unspecified atom stereocenters. The molecule has 0 N–H and O–H groups in total. The molecular weight excluding hydrogens is 372 g/mol. The van der Waals surface area contributed by atoms with Gasteiger partial charge in [0.15, 0.2) is 11.5 Å². The van der Waals surface area contributed by atoms with Gasteiger partial charge in [-0.15, -0.1) is 0 Å². The van der Waals surface area contributed by atoms with Crippen LogP contribution in [0.1, 0.15) is 21.5 Å². The van der Waals surface area contributed by atoms with Crippen LogP contribution in [-0.4, -0.2) is 45.8 Å². The molecule has 0 aliphatic carbocycles. The lowest BCUT2D eigenvalue weighted by atomic mass is 10.1. The summed E-state index contributed by atoms with van der Waals surface area (Å²) >= 11 is 0. The van der Waals surface area contributed by atoms with Crippen LogP contribution in [0.3, 0.4) is 0 Å². The number of ether oxygens (including phenoxy) is 4. The summed E-state index contributed by atoms with van der Waals surface area (Å²) in [4.78, 5) is 14.3. The van der Waals surface area contributed by atoms with Crippen molar-refractivity contribution in [3.63, 3.8) is 0 Å². The van der Waals surface area contributed by atoms with Gasteiger partial charge in [-0.25, -0.2) is 0 Å². The predicted molar refractivity (Wildman–Crippen MR) is 99.7 cm³/mol. The normalized spacial score (nSPS) is 10.6. The number of benzene rings is 2. The number of methoxy groups -OCH3 is 3. The average molecular weight is 395 g/mol. The van der Waals surface area contributed by atoms with Gasteiger partial charge in [0.2, 0.25) is 0 Å². The summed E-state index contributed by atoms with van der Waals surface area (Å²) in [6.07, 6.45) is 0. The van der Waals surface area contributed by atoms with Crippen molar-refractivity contribution in [3.05, 3.63) is 47.0 Å². The Morgan fingerprint density at radius 1 is 0.964 bits per heavy atom. The summed E-state index contributed by atoms with van der Waals surface area (Å²) in [5.74, 6) is 0.946. The highest BCUT2D eigenvalue weighted by Gasteiger charge is 2.18. The van der Waals surface area contributed by atoms with Crippen molar-refractivity contribution in [2.45, 2.75) is 20.1 Å². The fourth-order valence-corrected chi connectivity index (χ4v) is 2.78. The zero-order valence-electron chi connectivity index (χ0n) is 16.4. The third kappa shape index (κ3) is 4.82. The van der Waals surface area contributed by atoms with E-state index < -0.39 is 6.61 Å². The van der Waals surface area contributed by atoms with Gasteiger partial charge in [-0.05, 0) is 36.8 Å². The minimum absolute atomic E-state index is 0.0664. The molecule has 2 rings (SSSR count). The lowest BCUT2D eigenvalue weighted by Crippen LogP contribution is -2.26. The summed E-state index contributed by atoms with van der Waals surface area (Å²) in [6, 6.07) is 7.84. The van der Waals surface area contributed by atoms with Gasteiger partial charge in [-0.1, -0.05) is 6.07 Å². The summed E-state index contributed by atoms with van der Waals surface area (Å²) in [5, 5.41) is 0. The van der Waals surface area contributed by atoms with Crippen molar-refractivity contribution < 1.29 is 32.5 Å². The van der Waals surface area contributed by atoms with Crippen LogP contribution < -0.4 is 18.9 Å². The molecule has 8 heteroatoms. The third-order valence-electron chi connectivity index (χ3n) is 4.21. The van der Waals surface area contributed by atoms with E-state index in [0.717, 1.165) is 5.56 Å². The van der Waals surface area contributed by atoms with Gasteiger partial charge < -0.3 is 23.8 Å². The number of nitrogens with zero attached hydrogens (tertiary/aromatic N) is 1. The highest BCUT2D eigenvalue weighted by atomic mass is 19.3. The second-order valence-corrected chi connectivity index (χ2v) is 6.03. The minimum atomic E-state index is -2.95. The molecule has 152 valence electrons. The van der Waals surface area contributed by atoms with Crippen LogP contribution in [0.2, 0.25) is 0 Å². The fraction of sp³-hybridized carbons (Fsp3) is 0.350. The molecule has 0 radical (unpaired) electrons. The van der Waals surface area contributed by atoms with Gasteiger partial charge in [-0.3, -0.25) is 4.79 Å². The SMILES string of the molecule is COc1cc(CN(C)C(=O)c2cc(OC)c(C)c(OC)c2)ccc1OC(F)F. The van der Waals surface area contributed by atoms with E-state index in [1.807, 2.05) is 6.92 Å². The number of rotatable bonds is 8. The summed E-state index contributed by atoms with van der Waals surface area (Å²) in [7, 11) is 6.04. The van der Waals surface area contributed by atoms with Gasteiger partial charge in [0.25, 0.3) is 5.91 Å². The number of amides is 1. The van der Waals surface area contributed by atoms with Crippen LogP contribution in [0.25, 0.3) is 0 Å². The topological polar surface area (TPSA) is 57.2 Å². The number of alkyl halides is 2.